The maximum Gasteiger partial charge on any atom is 0.243 e. The van der Waals surface area contributed by atoms with Gasteiger partial charge in [0, 0.05) is 18.7 Å². The highest BCUT2D eigenvalue weighted by Gasteiger charge is 2.37. The normalized spacial score (nSPS) is 24.6. The molecule has 0 saturated carbocycles. The SMILES string of the molecule is CC(=O)c1cccc(S(=O)(=O)N2CC(O)C(O)C2)c1. The van der Waals surface area contributed by atoms with Gasteiger partial charge in [0.05, 0.1) is 17.1 Å². The third-order valence-electron chi connectivity index (χ3n) is 3.10. The van der Waals surface area contributed by atoms with E-state index in [2.05, 4.69) is 0 Å². The van der Waals surface area contributed by atoms with Crippen molar-refractivity contribution >= 4 is 15.8 Å². The Balaban J connectivity index is 2.35. The van der Waals surface area contributed by atoms with Crippen molar-refractivity contribution < 1.29 is 23.4 Å². The lowest BCUT2D eigenvalue weighted by Gasteiger charge is -2.15. The van der Waals surface area contributed by atoms with Gasteiger partial charge in [0.25, 0.3) is 0 Å². The summed E-state index contributed by atoms with van der Waals surface area (Å²) in [6, 6.07) is 5.72. The number of carbonyl (C=O) groups is 1. The Morgan fingerprint density at radius 2 is 1.84 bits per heavy atom. The quantitative estimate of drug-likeness (QED) is 0.738. The van der Waals surface area contributed by atoms with E-state index in [1.165, 1.54) is 31.2 Å². The number of carbonyl (C=O) groups excluding carboxylic acids is 1. The summed E-state index contributed by atoms with van der Waals surface area (Å²) < 4.78 is 25.6. The molecule has 104 valence electrons. The third-order valence-corrected chi connectivity index (χ3v) is 4.93. The molecule has 2 rings (SSSR count). The summed E-state index contributed by atoms with van der Waals surface area (Å²) in [5.74, 6) is -0.224. The lowest BCUT2D eigenvalue weighted by atomic mass is 10.2. The molecule has 0 bridgehead atoms. The molecule has 2 atom stereocenters. The van der Waals surface area contributed by atoms with Crippen LogP contribution in [0.3, 0.4) is 0 Å². The van der Waals surface area contributed by atoms with Gasteiger partial charge in [-0.25, -0.2) is 8.42 Å². The lowest BCUT2D eigenvalue weighted by Crippen LogP contribution is -2.30. The number of hydrogen-bond donors (Lipinski definition) is 2. The zero-order valence-corrected chi connectivity index (χ0v) is 11.2. The standard InChI is InChI=1S/C12H15NO5S/c1-8(14)9-3-2-4-10(5-9)19(17,18)13-6-11(15)12(16)7-13/h2-5,11-12,15-16H,6-7H2,1H3. The minimum atomic E-state index is -3.80. The first kappa shape index (κ1) is 14.1. The molecule has 0 spiro atoms. The highest BCUT2D eigenvalue weighted by molar-refractivity contribution is 7.89. The number of sulfonamides is 1. The lowest BCUT2D eigenvalue weighted by molar-refractivity contribution is 0.0572. The van der Waals surface area contributed by atoms with E-state index in [4.69, 9.17) is 0 Å². The van der Waals surface area contributed by atoms with Crippen LogP contribution in [0.15, 0.2) is 29.2 Å². The molecule has 1 heterocycles. The minimum Gasteiger partial charge on any atom is -0.389 e. The average Bonchev–Trinajstić information content (AvgIpc) is 2.70. The molecule has 1 aliphatic heterocycles. The van der Waals surface area contributed by atoms with Crippen molar-refractivity contribution in [3.05, 3.63) is 29.8 Å². The first-order valence-corrected chi connectivity index (χ1v) is 7.23. The number of Topliss-reactive ketones (excluding diaryl/α,β-unsaturated/α-hetero) is 1. The van der Waals surface area contributed by atoms with Gasteiger partial charge in [0.1, 0.15) is 0 Å². The summed E-state index contributed by atoms with van der Waals surface area (Å²) in [6.07, 6.45) is -2.16. The Bertz CT molecular complexity index is 588. The van der Waals surface area contributed by atoms with Crippen molar-refractivity contribution in [1.82, 2.24) is 4.31 Å². The van der Waals surface area contributed by atoms with Gasteiger partial charge in [0.15, 0.2) is 5.78 Å². The first-order chi connectivity index (χ1) is 8.82. The average molecular weight is 285 g/mol. The molecule has 2 N–H and O–H groups in total. The molecule has 1 fully saturated rings. The minimum absolute atomic E-state index is 0.0125. The van der Waals surface area contributed by atoms with Crippen LogP contribution < -0.4 is 0 Å². The van der Waals surface area contributed by atoms with E-state index in [0.29, 0.717) is 5.56 Å². The number of ketones is 1. The molecule has 1 aromatic rings. The van der Waals surface area contributed by atoms with E-state index in [-0.39, 0.29) is 23.8 Å². The topological polar surface area (TPSA) is 94.9 Å². The van der Waals surface area contributed by atoms with Crippen LogP contribution in [0.4, 0.5) is 0 Å². The Morgan fingerprint density at radius 3 is 2.37 bits per heavy atom. The molecule has 2 unspecified atom stereocenters. The van der Waals surface area contributed by atoms with Crippen LogP contribution in [0.1, 0.15) is 17.3 Å². The second kappa shape index (κ2) is 5.01. The van der Waals surface area contributed by atoms with E-state index in [1.54, 1.807) is 0 Å². The Labute approximate surface area is 111 Å². The number of hydrogen-bond acceptors (Lipinski definition) is 5. The highest BCUT2D eigenvalue weighted by atomic mass is 32.2. The molecule has 1 aliphatic rings. The summed E-state index contributed by atoms with van der Waals surface area (Å²) in [5.41, 5.74) is 0.307. The highest BCUT2D eigenvalue weighted by Crippen LogP contribution is 2.22. The van der Waals surface area contributed by atoms with Crippen molar-refractivity contribution in [3.8, 4) is 0 Å². The fourth-order valence-corrected chi connectivity index (χ4v) is 3.48. The van der Waals surface area contributed by atoms with Crippen molar-refractivity contribution in [2.24, 2.45) is 0 Å². The third kappa shape index (κ3) is 2.69. The molecule has 0 radical (unpaired) electrons. The molecule has 7 heteroatoms. The summed E-state index contributed by atoms with van der Waals surface area (Å²) in [7, 11) is -3.80. The molecular formula is C12H15NO5S. The summed E-state index contributed by atoms with van der Waals surface area (Å²) in [5, 5.41) is 18.8. The predicted octanol–water partition coefficient (Wildman–Crippen LogP) is -0.385. The van der Waals surface area contributed by atoms with Gasteiger partial charge in [-0.2, -0.15) is 4.31 Å². The molecule has 19 heavy (non-hydrogen) atoms. The molecule has 1 saturated heterocycles. The monoisotopic (exact) mass is 285 g/mol. The fourth-order valence-electron chi connectivity index (χ4n) is 1.96. The van der Waals surface area contributed by atoms with Crippen molar-refractivity contribution in [1.29, 1.82) is 0 Å². The van der Waals surface area contributed by atoms with Gasteiger partial charge in [-0.15, -0.1) is 0 Å². The number of benzene rings is 1. The maximum absolute atomic E-state index is 12.3. The first-order valence-electron chi connectivity index (χ1n) is 5.79. The largest absolute Gasteiger partial charge is 0.389 e. The van der Waals surface area contributed by atoms with Gasteiger partial charge in [-0.3, -0.25) is 4.79 Å². The van der Waals surface area contributed by atoms with Crippen molar-refractivity contribution in [2.75, 3.05) is 13.1 Å². The molecule has 0 aromatic heterocycles. The summed E-state index contributed by atoms with van der Waals surface area (Å²) in [4.78, 5) is 11.2. The fraction of sp³-hybridized carbons (Fsp3) is 0.417. The maximum atomic E-state index is 12.3. The van der Waals surface area contributed by atoms with Crippen LogP contribution in [-0.2, 0) is 10.0 Å². The van der Waals surface area contributed by atoms with E-state index >= 15 is 0 Å². The predicted molar refractivity (Wildman–Crippen MR) is 67.2 cm³/mol. The summed E-state index contributed by atoms with van der Waals surface area (Å²) in [6.45, 7) is 1.07. The van der Waals surface area contributed by atoms with Crippen LogP contribution in [0, 0.1) is 0 Å². The van der Waals surface area contributed by atoms with E-state index in [1.807, 2.05) is 0 Å². The van der Waals surface area contributed by atoms with Crippen molar-refractivity contribution in [2.45, 2.75) is 24.0 Å². The molecule has 1 aromatic carbocycles. The molecular weight excluding hydrogens is 270 g/mol. The van der Waals surface area contributed by atoms with E-state index < -0.39 is 22.2 Å². The smallest absolute Gasteiger partial charge is 0.243 e. The Hall–Kier alpha value is -1.28. The van der Waals surface area contributed by atoms with Crippen LogP contribution in [-0.4, -0.2) is 54.0 Å². The number of β-amino-alcohol motifs (C(OH)–C–C–N with tert-alkyl or cyclic N) is 2. The van der Waals surface area contributed by atoms with Gasteiger partial charge in [-0.1, -0.05) is 12.1 Å². The van der Waals surface area contributed by atoms with E-state index in [9.17, 15) is 23.4 Å². The molecule has 0 amide bonds. The van der Waals surface area contributed by atoms with Crippen LogP contribution in [0.25, 0.3) is 0 Å². The van der Waals surface area contributed by atoms with Gasteiger partial charge < -0.3 is 10.2 Å². The molecule has 0 aliphatic carbocycles. The van der Waals surface area contributed by atoms with Crippen molar-refractivity contribution in [3.63, 3.8) is 0 Å². The number of aliphatic hydroxyl groups excluding tert-OH is 2. The van der Waals surface area contributed by atoms with Crippen LogP contribution >= 0.6 is 0 Å². The zero-order chi connectivity index (χ0) is 14.2. The second-order valence-corrected chi connectivity index (χ2v) is 6.48. The van der Waals surface area contributed by atoms with Gasteiger partial charge in [-0.05, 0) is 19.1 Å². The molecule has 6 nitrogen and oxygen atoms in total. The van der Waals surface area contributed by atoms with Gasteiger partial charge >= 0.3 is 0 Å². The number of rotatable bonds is 3. The number of nitrogens with zero attached hydrogens (tertiary/aromatic N) is 1. The number of aliphatic hydroxyl groups is 2. The van der Waals surface area contributed by atoms with E-state index in [0.717, 1.165) is 4.31 Å². The Kier molecular flexibility index (Phi) is 3.73. The second-order valence-electron chi connectivity index (χ2n) is 4.54. The summed E-state index contributed by atoms with van der Waals surface area (Å²) >= 11 is 0. The van der Waals surface area contributed by atoms with Gasteiger partial charge in [0.2, 0.25) is 10.0 Å². The Morgan fingerprint density at radius 1 is 1.26 bits per heavy atom. The van der Waals surface area contributed by atoms with Crippen LogP contribution in [0.5, 0.6) is 0 Å². The van der Waals surface area contributed by atoms with Crippen LogP contribution in [0.2, 0.25) is 0 Å². The zero-order valence-electron chi connectivity index (χ0n) is 10.4.